The number of nitro benzene ring substituents is 1. The Balaban J connectivity index is 0.000000179. The number of nitrogens with zero attached hydrogens (tertiary/aromatic N) is 7. The zero-order valence-corrected chi connectivity index (χ0v) is 45.2. The number of aromatic nitrogens is 4. The number of piperazine rings is 1. The largest absolute Gasteiger partial charge is 0.514 e. The molecule has 2 aromatic carbocycles. The number of ketones is 6. The number of allylic oxidation sites excluding steroid dienone is 6. The smallest absolute Gasteiger partial charge is 0.477 e. The molecule has 1 aliphatic heterocycles. The molecule has 1 saturated heterocycles. The van der Waals surface area contributed by atoms with E-state index in [1.54, 1.807) is 79.6 Å². The second-order valence-corrected chi connectivity index (χ2v) is 19.3. The third-order valence-electron chi connectivity index (χ3n) is 14.2. The van der Waals surface area contributed by atoms with Crippen molar-refractivity contribution in [1.29, 1.82) is 0 Å². The molecule has 24 nitrogen and oxygen atoms in total. The molecule has 0 atom stereocenters. The number of ether oxygens (including phenoxy) is 3. The fourth-order valence-electron chi connectivity index (χ4n) is 9.75. The van der Waals surface area contributed by atoms with Crippen LogP contribution in [0.15, 0.2) is 101 Å². The predicted molar refractivity (Wildman–Crippen MR) is 288 cm³/mol. The minimum atomic E-state index is -1.37. The van der Waals surface area contributed by atoms with Crippen molar-refractivity contribution in [3.8, 4) is 5.75 Å². The Morgan fingerprint density at radius 2 is 1.13 bits per heavy atom. The molecule has 0 bridgehead atoms. The second-order valence-electron chi connectivity index (χ2n) is 19.3. The summed E-state index contributed by atoms with van der Waals surface area (Å²) < 4.78 is 36.8. The van der Waals surface area contributed by atoms with Crippen molar-refractivity contribution < 1.29 is 76.9 Å². The van der Waals surface area contributed by atoms with E-state index in [1.807, 2.05) is 0 Å². The van der Waals surface area contributed by atoms with Gasteiger partial charge in [0.25, 0.3) is 5.69 Å². The van der Waals surface area contributed by atoms with Crippen LogP contribution >= 0.6 is 0 Å². The molecule has 10 rings (SSSR count). The number of aryl methyl sites for hydroxylation is 1. The maximum atomic E-state index is 15.1. The lowest BCUT2D eigenvalue weighted by atomic mass is 9.96. The number of hydrogen-bond acceptors (Lipinski definition) is 17. The summed E-state index contributed by atoms with van der Waals surface area (Å²) in [5, 5.41) is 29.0. The van der Waals surface area contributed by atoms with Gasteiger partial charge in [-0.3, -0.25) is 43.7 Å². The third kappa shape index (κ3) is 11.2. The highest BCUT2D eigenvalue weighted by molar-refractivity contribution is 6.25. The summed E-state index contributed by atoms with van der Waals surface area (Å²) >= 11 is 0. The molecule has 4 aromatic heterocycles. The van der Waals surface area contributed by atoms with Crippen molar-refractivity contribution in [3.05, 3.63) is 178 Å². The van der Waals surface area contributed by atoms with E-state index in [-0.39, 0.29) is 113 Å². The highest BCUT2D eigenvalue weighted by atomic mass is 19.1. The fourth-order valence-corrected chi connectivity index (χ4v) is 9.75. The van der Waals surface area contributed by atoms with Crippen molar-refractivity contribution in [1.82, 2.24) is 23.2 Å². The molecular weight excluding hydrogens is 1070 g/mol. The fraction of sp³-hybridized carbons (Fsp3) is 0.263. The second kappa shape index (κ2) is 23.3. The number of carboxylic acid groups (broad SMARTS) is 1. The van der Waals surface area contributed by atoms with Gasteiger partial charge in [0.1, 0.15) is 47.4 Å². The Labute approximate surface area is 464 Å². The molecule has 0 saturated carbocycles. The van der Waals surface area contributed by atoms with E-state index in [0.717, 1.165) is 6.07 Å². The van der Waals surface area contributed by atoms with Gasteiger partial charge in [0, 0.05) is 100.0 Å². The molecule has 1 amide bonds. The number of amides is 1. The lowest BCUT2D eigenvalue weighted by Crippen LogP contribution is -2.49. The Hall–Kier alpha value is -10.2. The molecule has 424 valence electrons. The molecule has 3 aliphatic carbocycles. The zero-order chi connectivity index (χ0) is 59.8. The van der Waals surface area contributed by atoms with Gasteiger partial charge in [-0.15, -0.1) is 0 Å². The van der Waals surface area contributed by atoms with Crippen LogP contribution in [0.1, 0.15) is 118 Å². The number of aliphatic hydroxyl groups is 1. The number of fused-ring (bicyclic) bond motifs is 4. The minimum Gasteiger partial charge on any atom is -0.477 e. The van der Waals surface area contributed by atoms with E-state index < -0.39 is 40.0 Å². The topological polar surface area (TPSA) is 308 Å². The summed E-state index contributed by atoms with van der Waals surface area (Å²) in [5.74, 6) is -3.31. The number of carbonyl (C=O) groups is 9. The first-order valence-corrected chi connectivity index (χ1v) is 25.2. The van der Waals surface area contributed by atoms with Crippen LogP contribution in [0.2, 0.25) is 0 Å². The maximum absolute atomic E-state index is 15.1. The number of carbonyl (C=O) groups excluding carboxylic acids is 8. The molecule has 5 heterocycles. The number of benzene rings is 2. The zero-order valence-electron chi connectivity index (χ0n) is 45.2. The molecular formula is C57H52FN7O17. The normalized spacial score (nSPS) is 14.6. The lowest BCUT2D eigenvalue weighted by Gasteiger charge is -2.35. The SMILES string of the molecule is CC1=CC(=O)c2c(cc(CO)n2C)C1=O.CC1=CC(=O)c2c(cc(COC(=O)Oc3ccc([N+](=O)[O-])cc3)n2C)C1=O.CCn1cc(C(=O)O)c(=O)c2cc(F)c(N3CCN(C(=O)OCc4cc5c(n4C)C(=O)C=C(C)C5=O)CC3)cc21. The van der Waals surface area contributed by atoms with Crippen LogP contribution in [0.25, 0.3) is 10.9 Å². The van der Waals surface area contributed by atoms with E-state index in [1.165, 1.54) is 70.3 Å². The molecule has 1 fully saturated rings. The van der Waals surface area contributed by atoms with Crippen LogP contribution in [-0.4, -0.2) is 117 Å². The van der Waals surface area contributed by atoms with Gasteiger partial charge in [-0.2, -0.15) is 0 Å². The van der Waals surface area contributed by atoms with Crippen LogP contribution in [0.3, 0.4) is 0 Å². The maximum Gasteiger partial charge on any atom is 0.514 e. The van der Waals surface area contributed by atoms with Gasteiger partial charge in [0.2, 0.25) is 22.8 Å². The molecule has 82 heavy (non-hydrogen) atoms. The average molecular weight is 1130 g/mol. The van der Waals surface area contributed by atoms with Crippen LogP contribution in [-0.2, 0) is 57.0 Å². The highest BCUT2D eigenvalue weighted by Crippen LogP contribution is 2.30. The first-order valence-electron chi connectivity index (χ1n) is 25.2. The van der Waals surface area contributed by atoms with Crippen molar-refractivity contribution in [3.63, 3.8) is 0 Å². The van der Waals surface area contributed by atoms with E-state index in [0.29, 0.717) is 70.2 Å². The first-order chi connectivity index (χ1) is 38.8. The van der Waals surface area contributed by atoms with E-state index in [2.05, 4.69) is 0 Å². The summed E-state index contributed by atoms with van der Waals surface area (Å²) in [4.78, 5) is 134. The predicted octanol–water partition coefficient (Wildman–Crippen LogP) is 6.80. The number of rotatable bonds is 10. The third-order valence-corrected chi connectivity index (χ3v) is 14.2. The summed E-state index contributed by atoms with van der Waals surface area (Å²) in [5.41, 5.74) is 3.88. The summed E-state index contributed by atoms with van der Waals surface area (Å²) in [7, 11) is 4.90. The van der Waals surface area contributed by atoms with Gasteiger partial charge in [0.15, 0.2) is 17.3 Å². The van der Waals surface area contributed by atoms with Gasteiger partial charge < -0.3 is 52.5 Å². The standard InChI is InChI=1S/C28H27FN4O7.C18H14N2O7.C11H11NO3/c1-4-31-13-19(27(37)38)26(36)17-11-20(29)22(12-21(17)31)32-5-7-33(8-6-32)28(39)40-14-16-10-18-24(30(16)3)23(34)9-15(2)25(18)35;1-10-7-15(21)16-14(17(10)22)8-12(19(16)2)9-26-18(23)27-13-5-3-11(4-6-13)20(24)25;1-6-3-9(14)10-8(11(6)15)4-7(5-13)12(10)2/h9-13H,4-8,14H2,1-3H3,(H,37,38);3-8H,9H2,1-2H3;3-4,13H,5H2,1-2H3. The van der Waals surface area contributed by atoms with Crippen molar-refractivity contribution in [2.24, 2.45) is 21.1 Å². The number of pyridine rings is 1. The minimum absolute atomic E-state index is 0.0121. The average Bonchev–Trinajstić information content (AvgIpc) is 4.06. The lowest BCUT2D eigenvalue weighted by molar-refractivity contribution is -0.384. The first kappa shape index (κ1) is 58.0. The molecule has 2 N–H and O–H groups in total. The van der Waals surface area contributed by atoms with E-state index in [9.17, 15) is 63.2 Å². The number of aromatic carboxylic acids is 1. The van der Waals surface area contributed by atoms with Gasteiger partial charge in [-0.05, 0) is 88.4 Å². The number of non-ortho nitro benzene ring substituents is 1. The summed E-state index contributed by atoms with van der Waals surface area (Å²) in [6, 6.07) is 12.2. The number of Topliss-reactive ketones (excluding diaryl/α,β-unsaturated/α-hetero) is 3. The Morgan fingerprint density at radius 1 is 0.671 bits per heavy atom. The summed E-state index contributed by atoms with van der Waals surface area (Å²) in [6.45, 7) is 7.51. The van der Waals surface area contributed by atoms with E-state index >= 15 is 4.39 Å². The Kier molecular flexibility index (Phi) is 16.5. The molecule has 25 heteroatoms. The van der Waals surface area contributed by atoms with Crippen molar-refractivity contribution in [2.75, 3.05) is 31.1 Å². The van der Waals surface area contributed by atoms with Crippen LogP contribution in [0.4, 0.5) is 25.4 Å². The van der Waals surface area contributed by atoms with Crippen molar-refractivity contribution in [2.45, 2.75) is 54.1 Å². The molecule has 0 radical (unpaired) electrons. The molecule has 0 unspecified atom stereocenters. The quantitative estimate of drug-likeness (QED) is 0.0616. The number of halogens is 1. The van der Waals surface area contributed by atoms with E-state index in [4.69, 9.17) is 19.3 Å². The number of carboxylic acids is 1. The number of nitro groups is 1. The highest BCUT2D eigenvalue weighted by Gasteiger charge is 2.32. The van der Waals surface area contributed by atoms with Gasteiger partial charge >= 0.3 is 18.2 Å². The van der Waals surface area contributed by atoms with Gasteiger partial charge in [0.05, 0.1) is 50.8 Å². The van der Waals surface area contributed by atoms with Crippen LogP contribution in [0, 0.1) is 15.9 Å². The van der Waals surface area contributed by atoms with Crippen LogP contribution in [0.5, 0.6) is 5.75 Å². The van der Waals surface area contributed by atoms with Gasteiger partial charge in [-0.1, -0.05) is 0 Å². The van der Waals surface area contributed by atoms with Gasteiger partial charge in [-0.25, -0.2) is 18.8 Å². The van der Waals surface area contributed by atoms with Crippen LogP contribution < -0.4 is 15.1 Å². The number of anilines is 1. The number of hydrogen-bond donors (Lipinski definition) is 2. The number of aliphatic hydroxyl groups excluding tert-OH is 1. The molecule has 6 aromatic rings. The Morgan fingerprint density at radius 3 is 1.59 bits per heavy atom. The summed E-state index contributed by atoms with van der Waals surface area (Å²) in [6.07, 6.45) is 3.58. The molecule has 4 aliphatic rings. The van der Waals surface area contributed by atoms with Crippen molar-refractivity contribution >= 4 is 75.2 Å². The monoisotopic (exact) mass is 1130 g/mol. The molecule has 0 spiro atoms. The Bertz CT molecular complexity index is 3930.